The summed E-state index contributed by atoms with van der Waals surface area (Å²) in [5.41, 5.74) is 3.33. The van der Waals surface area contributed by atoms with Crippen LogP contribution < -0.4 is 10.1 Å². The number of hydrogen-bond acceptors (Lipinski definition) is 3. The van der Waals surface area contributed by atoms with E-state index in [2.05, 4.69) is 50.4 Å². The fraction of sp³-hybridized carbons (Fsp3) is 0.381. The summed E-state index contributed by atoms with van der Waals surface area (Å²) < 4.78 is 5.40. The minimum Gasteiger partial charge on any atom is -0.497 e. The van der Waals surface area contributed by atoms with Gasteiger partial charge in [-0.15, -0.1) is 11.8 Å². The number of hydrogen-bond donors (Lipinski definition) is 1. The van der Waals surface area contributed by atoms with Gasteiger partial charge in [-0.3, -0.25) is 4.79 Å². The maximum atomic E-state index is 12.3. The number of amides is 1. The van der Waals surface area contributed by atoms with Crippen molar-refractivity contribution in [3.05, 3.63) is 53.6 Å². The molecule has 1 aliphatic rings. The normalized spacial score (nSPS) is 17.4. The predicted octanol–water partition coefficient (Wildman–Crippen LogP) is 5.25. The van der Waals surface area contributed by atoms with Crippen LogP contribution in [0.4, 0.5) is 5.69 Å². The van der Waals surface area contributed by atoms with E-state index in [-0.39, 0.29) is 16.6 Å². The van der Waals surface area contributed by atoms with Crippen LogP contribution >= 0.6 is 11.8 Å². The highest BCUT2D eigenvalue weighted by Crippen LogP contribution is 2.37. The number of carbonyl (C=O) groups excluding carboxylic acids is 1. The minimum atomic E-state index is 0.0794. The maximum absolute atomic E-state index is 12.3. The molecule has 2 aromatic rings. The van der Waals surface area contributed by atoms with Crippen LogP contribution in [0.2, 0.25) is 0 Å². The number of anilines is 1. The van der Waals surface area contributed by atoms with Gasteiger partial charge in [0.15, 0.2) is 0 Å². The molecule has 2 aromatic carbocycles. The molecule has 1 aliphatic heterocycles. The third-order valence-corrected chi connectivity index (χ3v) is 5.36. The lowest BCUT2D eigenvalue weighted by molar-refractivity contribution is -0.116. The molecule has 0 fully saturated rings. The van der Waals surface area contributed by atoms with Gasteiger partial charge in [0, 0.05) is 21.8 Å². The Morgan fingerprint density at radius 3 is 2.44 bits per heavy atom. The predicted molar refractivity (Wildman–Crippen MR) is 105 cm³/mol. The molecule has 0 aliphatic carbocycles. The van der Waals surface area contributed by atoms with Gasteiger partial charge in [-0.2, -0.15) is 0 Å². The van der Waals surface area contributed by atoms with Gasteiger partial charge in [0.2, 0.25) is 5.91 Å². The van der Waals surface area contributed by atoms with Gasteiger partial charge in [-0.25, -0.2) is 0 Å². The van der Waals surface area contributed by atoms with Crippen LogP contribution in [0.5, 0.6) is 5.75 Å². The number of ether oxygens (including phenoxy) is 1. The summed E-state index contributed by atoms with van der Waals surface area (Å²) in [5.74, 6) is 1.10. The molecule has 3 nitrogen and oxygen atoms in total. The second-order valence-corrected chi connectivity index (χ2v) is 9.36. The van der Waals surface area contributed by atoms with Crippen LogP contribution in [0.1, 0.15) is 44.2 Å². The Hall–Kier alpha value is -1.94. The van der Waals surface area contributed by atoms with Crippen LogP contribution in [0, 0.1) is 0 Å². The average molecular weight is 356 g/mol. The van der Waals surface area contributed by atoms with Crippen molar-refractivity contribution in [1.82, 2.24) is 0 Å². The first kappa shape index (κ1) is 17.9. The summed E-state index contributed by atoms with van der Waals surface area (Å²) in [5, 5.41) is 3.06. The van der Waals surface area contributed by atoms with Crippen molar-refractivity contribution in [2.24, 2.45) is 0 Å². The summed E-state index contributed by atoms with van der Waals surface area (Å²) in [6.45, 7) is 6.64. The Balaban J connectivity index is 1.90. The molecular weight excluding hydrogens is 330 g/mol. The van der Waals surface area contributed by atoms with Crippen molar-refractivity contribution in [1.29, 1.82) is 0 Å². The molecule has 0 radical (unpaired) electrons. The lowest BCUT2D eigenvalue weighted by Crippen LogP contribution is -2.12. The van der Waals surface area contributed by atoms with Crippen molar-refractivity contribution in [3.8, 4) is 5.75 Å². The summed E-state index contributed by atoms with van der Waals surface area (Å²) in [6, 6.07) is 14.4. The molecule has 0 saturated carbocycles. The third kappa shape index (κ3) is 4.57. The first-order valence-corrected chi connectivity index (χ1v) is 9.41. The lowest BCUT2D eigenvalue weighted by Gasteiger charge is -2.19. The fourth-order valence-corrected chi connectivity index (χ4v) is 4.20. The van der Waals surface area contributed by atoms with Gasteiger partial charge < -0.3 is 10.1 Å². The fourth-order valence-electron chi connectivity index (χ4n) is 3.15. The lowest BCUT2D eigenvalue weighted by atomic mass is 9.90. The number of fused-ring (bicyclic) bond motifs is 1. The van der Waals surface area contributed by atoms with Crippen LogP contribution in [0.25, 0.3) is 0 Å². The molecule has 1 N–H and O–H groups in total. The number of thioether (sulfide) groups is 1. The highest BCUT2D eigenvalue weighted by molar-refractivity contribution is 8.00. The number of nitrogens with one attached hydrogen (secondary N) is 1. The molecule has 1 heterocycles. The summed E-state index contributed by atoms with van der Waals surface area (Å²) in [7, 11) is 1.67. The molecule has 4 heteroatoms. The van der Waals surface area contributed by atoms with Crippen LogP contribution in [0.3, 0.4) is 0 Å². The number of carbonyl (C=O) groups is 1. The van der Waals surface area contributed by atoms with Gasteiger partial charge in [0.25, 0.3) is 0 Å². The SMILES string of the molecule is COc1ccc(C2CC(=O)Nc3ccc(SC(C)(C)C)cc3C2)cc1. The molecule has 0 saturated heterocycles. The van der Waals surface area contributed by atoms with Crippen molar-refractivity contribution >= 4 is 23.4 Å². The maximum Gasteiger partial charge on any atom is 0.225 e. The van der Waals surface area contributed by atoms with Gasteiger partial charge in [0.1, 0.15) is 5.75 Å². The standard InChI is InChI=1S/C21H25NO2S/c1-21(2,3)25-18-9-10-19-16(12-18)11-15(13-20(23)22-19)14-5-7-17(24-4)8-6-14/h5-10,12,15H,11,13H2,1-4H3,(H,22,23). The average Bonchev–Trinajstić information content (AvgIpc) is 2.71. The highest BCUT2D eigenvalue weighted by atomic mass is 32.2. The first-order chi connectivity index (χ1) is 11.8. The molecule has 0 bridgehead atoms. The van der Waals surface area contributed by atoms with Gasteiger partial charge in [-0.1, -0.05) is 32.9 Å². The molecule has 3 rings (SSSR count). The van der Waals surface area contributed by atoms with E-state index in [0.717, 1.165) is 17.9 Å². The molecule has 1 amide bonds. The molecule has 132 valence electrons. The zero-order valence-electron chi connectivity index (χ0n) is 15.3. The smallest absolute Gasteiger partial charge is 0.225 e. The number of benzene rings is 2. The zero-order valence-corrected chi connectivity index (χ0v) is 16.1. The topological polar surface area (TPSA) is 38.3 Å². The van der Waals surface area contributed by atoms with Crippen molar-refractivity contribution in [2.75, 3.05) is 12.4 Å². The molecule has 0 spiro atoms. The van der Waals surface area contributed by atoms with Crippen LogP contribution in [0.15, 0.2) is 47.4 Å². The van der Waals surface area contributed by atoms with E-state index < -0.39 is 0 Å². The van der Waals surface area contributed by atoms with E-state index in [0.29, 0.717) is 6.42 Å². The molecule has 1 atom stereocenters. The minimum absolute atomic E-state index is 0.0794. The quantitative estimate of drug-likeness (QED) is 0.764. The van der Waals surface area contributed by atoms with Crippen LogP contribution in [-0.4, -0.2) is 17.8 Å². The van der Waals surface area contributed by atoms with Crippen LogP contribution in [-0.2, 0) is 11.2 Å². The van der Waals surface area contributed by atoms with Crippen molar-refractivity contribution < 1.29 is 9.53 Å². The second kappa shape index (κ2) is 7.12. The summed E-state index contributed by atoms with van der Waals surface area (Å²) in [6.07, 6.45) is 1.36. The molecule has 25 heavy (non-hydrogen) atoms. The Bertz CT molecular complexity index is 762. The Morgan fingerprint density at radius 2 is 1.80 bits per heavy atom. The van der Waals surface area contributed by atoms with Gasteiger partial charge >= 0.3 is 0 Å². The van der Waals surface area contributed by atoms with E-state index >= 15 is 0 Å². The zero-order chi connectivity index (χ0) is 18.0. The van der Waals surface area contributed by atoms with E-state index in [9.17, 15) is 4.79 Å². The van der Waals surface area contributed by atoms with Crippen molar-refractivity contribution in [2.45, 2.75) is 49.2 Å². The van der Waals surface area contributed by atoms with E-state index in [1.54, 1.807) is 7.11 Å². The van der Waals surface area contributed by atoms with Gasteiger partial charge in [0.05, 0.1) is 7.11 Å². The van der Waals surface area contributed by atoms with Gasteiger partial charge in [-0.05, 0) is 53.8 Å². The van der Waals surface area contributed by atoms with E-state index in [1.165, 1.54) is 16.0 Å². The van der Waals surface area contributed by atoms with E-state index in [4.69, 9.17) is 4.74 Å². The third-order valence-electron chi connectivity index (χ3n) is 4.26. The second-order valence-electron chi connectivity index (χ2n) is 7.46. The largest absolute Gasteiger partial charge is 0.497 e. The molecule has 0 aromatic heterocycles. The first-order valence-electron chi connectivity index (χ1n) is 8.60. The highest BCUT2D eigenvalue weighted by Gasteiger charge is 2.24. The summed E-state index contributed by atoms with van der Waals surface area (Å²) in [4.78, 5) is 13.6. The number of rotatable bonds is 3. The Kier molecular flexibility index (Phi) is 5.09. The summed E-state index contributed by atoms with van der Waals surface area (Å²) >= 11 is 1.85. The molecule has 1 unspecified atom stereocenters. The monoisotopic (exact) mass is 355 g/mol. The Morgan fingerprint density at radius 1 is 1.08 bits per heavy atom. The Labute approximate surface area is 154 Å². The number of methoxy groups -OCH3 is 1. The molecular formula is C21H25NO2S. The van der Waals surface area contributed by atoms with E-state index in [1.807, 2.05) is 30.0 Å². The van der Waals surface area contributed by atoms with Crippen molar-refractivity contribution in [3.63, 3.8) is 0 Å².